The smallest absolute Gasteiger partial charge is 0.303 e. The summed E-state index contributed by atoms with van der Waals surface area (Å²) in [6, 6.07) is 5.68. The third-order valence-electron chi connectivity index (χ3n) is 2.27. The first-order chi connectivity index (χ1) is 7.54. The Labute approximate surface area is 108 Å². The van der Waals surface area contributed by atoms with E-state index in [0.717, 1.165) is 14.9 Å². The van der Waals surface area contributed by atoms with E-state index in [4.69, 9.17) is 10.8 Å². The average molecular weight is 304 g/mol. The van der Waals surface area contributed by atoms with Gasteiger partial charge in [-0.2, -0.15) is 0 Å². The molecule has 0 bridgehead atoms. The lowest BCUT2D eigenvalue weighted by molar-refractivity contribution is -0.137. The predicted octanol–water partition coefficient (Wildman–Crippen LogP) is 3.04. The SMILES string of the molecule is CSc1ccc(C(N)CCC(=O)O)cc1Br. The Morgan fingerprint density at radius 2 is 2.31 bits per heavy atom. The van der Waals surface area contributed by atoms with E-state index in [-0.39, 0.29) is 12.5 Å². The molecule has 1 rings (SSSR count). The van der Waals surface area contributed by atoms with Gasteiger partial charge in [-0.3, -0.25) is 4.79 Å². The van der Waals surface area contributed by atoms with Gasteiger partial charge < -0.3 is 10.8 Å². The first-order valence-electron chi connectivity index (χ1n) is 4.85. The van der Waals surface area contributed by atoms with E-state index < -0.39 is 5.97 Å². The lowest BCUT2D eigenvalue weighted by atomic mass is 10.0. The Morgan fingerprint density at radius 1 is 1.62 bits per heavy atom. The molecule has 16 heavy (non-hydrogen) atoms. The Morgan fingerprint density at radius 3 is 2.81 bits per heavy atom. The van der Waals surface area contributed by atoms with Crippen molar-refractivity contribution in [3.8, 4) is 0 Å². The lowest BCUT2D eigenvalue weighted by Gasteiger charge is -2.12. The molecule has 1 unspecified atom stereocenters. The molecule has 0 fully saturated rings. The van der Waals surface area contributed by atoms with E-state index in [2.05, 4.69) is 15.9 Å². The van der Waals surface area contributed by atoms with Gasteiger partial charge in [-0.25, -0.2) is 0 Å². The molecule has 1 aromatic carbocycles. The molecule has 0 saturated heterocycles. The number of thioether (sulfide) groups is 1. The number of carbonyl (C=O) groups is 1. The van der Waals surface area contributed by atoms with E-state index in [9.17, 15) is 4.79 Å². The maximum Gasteiger partial charge on any atom is 0.303 e. The van der Waals surface area contributed by atoms with Crippen molar-refractivity contribution >= 4 is 33.7 Å². The summed E-state index contributed by atoms with van der Waals surface area (Å²) in [7, 11) is 0. The number of aliphatic carboxylic acids is 1. The highest BCUT2D eigenvalue weighted by atomic mass is 79.9. The van der Waals surface area contributed by atoms with Crippen molar-refractivity contribution in [2.24, 2.45) is 5.73 Å². The van der Waals surface area contributed by atoms with E-state index in [0.29, 0.717) is 6.42 Å². The molecule has 0 aliphatic carbocycles. The van der Waals surface area contributed by atoms with Crippen LogP contribution in [0, 0.1) is 0 Å². The summed E-state index contributed by atoms with van der Waals surface area (Å²) in [6.07, 6.45) is 2.56. The molecule has 5 heteroatoms. The zero-order chi connectivity index (χ0) is 12.1. The number of hydrogen-bond acceptors (Lipinski definition) is 3. The molecule has 0 aliphatic heterocycles. The highest BCUT2D eigenvalue weighted by Gasteiger charge is 2.10. The molecule has 0 radical (unpaired) electrons. The number of carboxylic acid groups (broad SMARTS) is 1. The number of hydrogen-bond donors (Lipinski definition) is 2. The monoisotopic (exact) mass is 303 g/mol. The van der Waals surface area contributed by atoms with Crippen molar-refractivity contribution in [2.75, 3.05) is 6.26 Å². The first-order valence-corrected chi connectivity index (χ1v) is 6.87. The summed E-state index contributed by atoms with van der Waals surface area (Å²) >= 11 is 5.12. The Balaban J connectivity index is 2.72. The molecular formula is C11H14BrNO2S. The van der Waals surface area contributed by atoms with E-state index in [1.807, 2.05) is 24.5 Å². The molecule has 0 amide bonds. The Hall–Kier alpha value is -0.520. The van der Waals surface area contributed by atoms with Crippen LogP contribution in [-0.4, -0.2) is 17.3 Å². The molecule has 1 atom stereocenters. The summed E-state index contributed by atoms with van der Waals surface area (Å²) in [5.74, 6) is -0.810. The number of rotatable bonds is 5. The Bertz CT molecular complexity index is 384. The standard InChI is InChI=1S/C11H14BrNO2S/c1-16-10-4-2-7(6-8(10)12)9(13)3-5-11(14)15/h2,4,6,9H,3,5,13H2,1H3,(H,14,15). The molecule has 0 aliphatic rings. The zero-order valence-electron chi connectivity index (χ0n) is 8.94. The molecular weight excluding hydrogens is 290 g/mol. The number of carboxylic acids is 1. The Kier molecular flexibility index (Phi) is 5.31. The normalized spacial score (nSPS) is 12.4. The highest BCUT2D eigenvalue weighted by molar-refractivity contribution is 9.10. The second-order valence-corrected chi connectivity index (χ2v) is 5.14. The van der Waals surface area contributed by atoms with Crippen molar-refractivity contribution in [3.63, 3.8) is 0 Å². The van der Waals surface area contributed by atoms with E-state index in [1.54, 1.807) is 11.8 Å². The van der Waals surface area contributed by atoms with Crippen LogP contribution in [0.25, 0.3) is 0 Å². The van der Waals surface area contributed by atoms with Gasteiger partial charge in [-0.05, 0) is 46.3 Å². The van der Waals surface area contributed by atoms with Crippen LogP contribution in [0.15, 0.2) is 27.6 Å². The van der Waals surface area contributed by atoms with Crippen LogP contribution in [0.5, 0.6) is 0 Å². The van der Waals surface area contributed by atoms with Crippen molar-refractivity contribution in [2.45, 2.75) is 23.8 Å². The third kappa shape index (κ3) is 3.81. The molecule has 0 saturated carbocycles. The topological polar surface area (TPSA) is 63.3 Å². The van der Waals surface area contributed by atoms with Crippen molar-refractivity contribution in [3.05, 3.63) is 28.2 Å². The maximum absolute atomic E-state index is 10.4. The van der Waals surface area contributed by atoms with Crippen molar-refractivity contribution < 1.29 is 9.90 Å². The number of benzene rings is 1. The minimum Gasteiger partial charge on any atom is -0.481 e. The minimum absolute atomic E-state index is 0.100. The molecule has 1 aromatic rings. The lowest BCUT2D eigenvalue weighted by Crippen LogP contribution is -2.12. The van der Waals surface area contributed by atoms with Crippen LogP contribution < -0.4 is 5.73 Å². The second-order valence-electron chi connectivity index (χ2n) is 3.43. The van der Waals surface area contributed by atoms with Gasteiger partial charge in [0.15, 0.2) is 0 Å². The first kappa shape index (κ1) is 13.5. The zero-order valence-corrected chi connectivity index (χ0v) is 11.3. The highest BCUT2D eigenvalue weighted by Crippen LogP contribution is 2.29. The van der Waals surface area contributed by atoms with Crippen LogP contribution in [0.3, 0.4) is 0 Å². The van der Waals surface area contributed by atoms with Crippen LogP contribution in [0.4, 0.5) is 0 Å². The van der Waals surface area contributed by atoms with Gasteiger partial charge in [0.25, 0.3) is 0 Å². The van der Waals surface area contributed by atoms with Crippen molar-refractivity contribution in [1.82, 2.24) is 0 Å². The second kappa shape index (κ2) is 6.27. The van der Waals surface area contributed by atoms with Gasteiger partial charge in [-0.15, -0.1) is 11.8 Å². The summed E-state index contributed by atoms with van der Waals surface area (Å²) in [6.45, 7) is 0. The number of halogens is 1. The van der Waals surface area contributed by atoms with Crippen LogP contribution in [0.1, 0.15) is 24.4 Å². The molecule has 0 heterocycles. The predicted molar refractivity (Wildman–Crippen MR) is 69.7 cm³/mol. The summed E-state index contributed by atoms with van der Waals surface area (Å²) in [5.41, 5.74) is 6.88. The quantitative estimate of drug-likeness (QED) is 0.821. The fourth-order valence-corrected chi connectivity index (χ4v) is 2.70. The van der Waals surface area contributed by atoms with Gasteiger partial charge in [0, 0.05) is 21.8 Å². The van der Waals surface area contributed by atoms with Crippen molar-refractivity contribution in [1.29, 1.82) is 0 Å². The number of nitrogens with two attached hydrogens (primary N) is 1. The van der Waals surface area contributed by atoms with E-state index in [1.165, 1.54) is 0 Å². The summed E-state index contributed by atoms with van der Waals surface area (Å²) < 4.78 is 1.00. The molecule has 3 N–H and O–H groups in total. The summed E-state index contributed by atoms with van der Waals surface area (Å²) in [4.78, 5) is 11.6. The van der Waals surface area contributed by atoms with Crippen LogP contribution in [0.2, 0.25) is 0 Å². The fourth-order valence-electron chi connectivity index (χ4n) is 1.36. The minimum atomic E-state index is -0.810. The van der Waals surface area contributed by atoms with Gasteiger partial charge in [0.05, 0.1) is 0 Å². The van der Waals surface area contributed by atoms with Gasteiger partial charge >= 0.3 is 5.97 Å². The van der Waals surface area contributed by atoms with Gasteiger partial charge in [-0.1, -0.05) is 6.07 Å². The molecule has 0 aromatic heterocycles. The largest absolute Gasteiger partial charge is 0.481 e. The fraction of sp³-hybridized carbons (Fsp3) is 0.364. The third-order valence-corrected chi connectivity index (χ3v) is 3.99. The molecule has 3 nitrogen and oxygen atoms in total. The van der Waals surface area contributed by atoms with Gasteiger partial charge in [0.2, 0.25) is 0 Å². The van der Waals surface area contributed by atoms with Crippen LogP contribution >= 0.6 is 27.7 Å². The van der Waals surface area contributed by atoms with E-state index >= 15 is 0 Å². The maximum atomic E-state index is 10.4. The molecule has 0 spiro atoms. The van der Waals surface area contributed by atoms with Crippen LogP contribution in [-0.2, 0) is 4.79 Å². The summed E-state index contributed by atoms with van der Waals surface area (Å²) in [5, 5.41) is 8.58. The van der Waals surface area contributed by atoms with Gasteiger partial charge in [0.1, 0.15) is 0 Å². The molecule has 88 valence electrons. The average Bonchev–Trinajstić information content (AvgIpc) is 2.25.